The van der Waals surface area contributed by atoms with Gasteiger partial charge in [-0.2, -0.15) is 0 Å². The van der Waals surface area contributed by atoms with Crippen molar-refractivity contribution in [2.24, 2.45) is 0 Å². The van der Waals surface area contributed by atoms with Gasteiger partial charge >= 0.3 is 0 Å². The molecule has 0 aliphatic rings. The second kappa shape index (κ2) is 5.20. The minimum absolute atomic E-state index is 0.0206. The highest BCUT2D eigenvalue weighted by Crippen LogP contribution is 2.30. The highest BCUT2D eigenvalue weighted by atomic mass is 79.9. The minimum atomic E-state index is -0.600. The second-order valence-corrected chi connectivity index (χ2v) is 4.96. The van der Waals surface area contributed by atoms with Crippen LogP contribution in [0.25, 0.3) is 0 Å². The molecule has 0 fully saturated rings. The van der Waals surface area contributed by atoms with Crippen molar-refractivity contribution in [2.45, 2.75) is 6.04 Å². The lowest BCUT2D eigenvalue weighted by atomic mass is 10.0. The van der Waals surface area contributed by atoms with Crippen LogP contribution in [0.4, 0.5) is 8.78 Å². The number of aromatic nitrogens is 1. The van der Waals surface area contributed by atoms with E-state index in [1.54, 1.807) is 17.9 Å². The molecule has 1 N–H and O–H groups in total. The van der Waals surface area contributed by atoms with Crippen LogP contribution in [0.15, 0.2) is 27.5 Å². The maximum atomic E-state index is 13.9. The highest BCUT2D eigenvalue weighted by molar-refractivity contribution is 9.10. The zero-order chi connectivity index (χ0) is 12.4. The Balaban J connectivity index is 2.55. The fourth-order valence-corrected chi connectivity index (χ4v) is 2.54. The van der Waals surface area contributed by atoms with Crippen molar-refractivity contribution < 1.29 is 8.78 Å². The van der Waals surface area contributed by atoms with Gasteiger partial charge in [-0.3, -0.25) is 0 Å². The van der Waals surface area contributed by atoms with Gasteiger partial charge in [0.1, 0.15) is 11.6 Å². The molecule has 1 aromatic heterocycles. The van der Waals surface area contributed by atoms with Crippen LogP contribution < -0.4 is 5.32 Å². The van der Waals surface area contributed by atoms with E-state index < -0.39 is 17.7 Å². The van der Waals surface area contributed by atoms with Crippen molar-refractivity contribution in [1.82, 2.24) is 10.3 Å². The van der Waals surface area contributed by atoms with Crippen molar-refractivity contribution in [2.75, 3.05) is 7.05 Å². The van der Waals surface area contributed by atoms with E-state index in [-0.39, 0.29) is 10.0 Å². The molecule has 0 aliphatic carbocycles. The molecule has 6 heteroatoms. The largest absolute Gasteiger partial charge is 0.308 e. The van der Waals surface area contributed by atoms with Gasteiger partial charge in [0, 0.05) is 10.9 Å². The first-order chi connectivity index (χ1) is 8.15. The lowest BCUT2D eigenvalue weighted by Gasteiger charge is -2.16. The molecule has 0 amide bonds. The Bertz CT molecular complexity index is 516. The van der Waals surface area contributed by atoms with E-state index in [1.165, 1.54) is 23.5 Å². The summed E-state index contributed by atoms with van der Waals surface area (Å²) >= 11 is 4.44. The van der Waals surface area contributed by atoms with Gasteiger partial charge in [0.2, 0.25) is 0 Å². The lowest BCUT2D eigenvalue weighted by Crippen LogP contribution is -2.21. The fraction of sp³-hybridized carbons (Fsp3) is 0.182. The summed E-state index contributed by atoms with van der Waals surface area (Å²) in [7, 11) is 1.64. The van der Waals surface area contributed by atoms with E-state index in [2.05, 4.69) is 26.2 Å². The molecular formula is C11H9BrF2N2S. The topological polar surface area (TPSA) is 24.9 Å². The van der Waals surface area contributed by atoms with Crippen molar-refractivity contribution in [3.63, 3.8) is 0 Å². The molecule has 1 unspecified atom stereocenters. The summed E-state index contributed by atoms with van der Waals surface area (Å²) in [6.07, 6.45) is 0. The van der Waals surface area contributed by atoms with Crippen LogP contribution in [-0.4, -0.2) is 12.0 Å². The number of rotatable bonds is 3. The standard InChI is InChI=1S/C11H9BrF2N2S/c1-15-11(8-4-17-5-16-8)9-7(13)3-2-6(12)10(9)14/h2-5,11,15H,1H3. The van der Waals surface area contributed by atoms with Gasteiger partial charge < -0.3 is 5.32 Å². The number of hydrogen-bond donors (Lipinski definition) is 1. The predicted octanol–water partition coefficient (Wildman–Crippen LogP) is 3.49. The van der Waals surface area contributed by atoms with E-state index >= 15 is 0 Å². The zero-order valence-electron chi connectivity index (χ0n) is 8.88. The van der Waals surface area contributed by atoms with Gasteiger partial charge in [-0.15, -0.1) is 11.3 Å². The van der Waals surface area contributed by atoms with Crippen LogP contribution in [0.3, 0.4) is 0 Å². The molecule has 0 spiro atoms. The van der Waals surface area contributed by atoms with Gasteiger partial charge in [-0.25, -0.2) is 13.8 Å². The van der Waals surface area contributed by atoms with E-state index in [9.17, 15) is 8.78 Å². The Morgan fingerprint density at radius 3 is 2.76 bits per heavy atom. The number of thiazole rings is 1. The lowest BCUT2D eigenvalue weighted by molar-refractivity contribution is 0.515. The SMILES string of the molecule is CNC(c1cscn1)c1c(F)ccc(Br)c1F. The smallest absolute Gasteiger partial charge is 0.145 e. The maximum absolute atomic E-state index is 13.9. The summed E-state index contributed by atoms with van der Waals surface area (Å²) < 4.78 is 27.9. The molecule has 17 heavy (non-hydrogen) atoms. The van der Waals surface area contributed by atoms with Gasteiger partial charge in [0.25, 0.3) is 0 Å². The Morgan fingerprint density at radius 2 is 2.18 bits per heavy atom. The molecule has 0 saturated carbocycles. The van der Waals surface area contributed by atoms with Crippen LogP contribution in [0.2, 0.25) is 0 Å². The second-order valence-electron chi connectivity index (χ2n) is 3.39. The Labute approximate surface area is 110 Å². The molecule has 90 valence electrons. The molecule has 0 saturated heterocycles. The number of nitrogens with zero attached hydrogens (tertiary/aromatic N) is 1. The summed E-state index contributed by atoms with van der Waals surface area (Å²) in [6, 6.07) is 2.00. The average molecular weight is 319 g/mol. The summed E-state index contributed by atoms with van der Waals surface area (Å²) in [6.45, 7) is 0. The van der Waals surface area contributed by atoms with Crippen molar-refractivity contribution in [3.05, 3.63) is 50.4 Å². The third-order valence-electron chi connectivity index (χ3n) is 2.40. The molecule has 0 bridgehead atoms. The molecule has 2 nitrogen and oxygen atoms in total. The summed E-state index contributed by atoms with van der Waals surface area (Å²) in [5.74, 6) is -1.18. The van der Waals surface area contributed by atoms with Gasteiger partial charge in [-0.05, 0) is 35.1 Å². The fourth-order valence-electron chi connectivity index (χ4n) is 1.61. The third kappa shape index (κ3) is 2.38. The van der Waals surface area contributed by atoms with Crippen LogP contribution in [0.1, 0.15) is 17.3 Å². The van der Waals surface area contributed by atoms with E-state index in [4.69, 9.17) is 0 Å². The molecular weight excluding hydrogens is 310 g/mol. The van der Waals surface area contributed by atoms with Crippen LogP contribution in [-0.2, 0) is 0 Å². The summed E-state index contributed by atoms with van der Waals surface area (Å²) in [5.41, 5.74) is 2.22. The Hall–Kier alpha value is -0.850. The molecule has 2 rings (SSSR count). The molecule has 1 heterocycles. The maximum Gasteiger partial charge on any atom is 0.145 e. The van der Waals surface area contributed by atoms with Gasteiger partial charge in [0.05, 0.1) is 21.7 Å². The first-order valence-corrected chi connectivity index (χ1v) is 6.57. The van der Waals surface area contributed by atoms with Crippen molar-refractivity contribution >= 4 is 27.3 Å². The van der Waals surface area contributed by atoms with Crippen molar-refractivity contribution in [1.29, 1.82) is 0 Å². The summed E-state index contributed by atoms with van der Waals surface area (Å²) in [5, 5.41) is 4.64. The van der Waals surface area contributed by atoms with E-state index in [0.717, 1.165) is 0 Å². The number of halogens is 3. The first-order valence-electron chi connectivity index (χ1n) is 4.84. The molecule has 2 aromatic rings. The number of benzene rings is 1. The molecule has 0 aliphatic heterocycles. The third-order valence-corrected chi connectivity index (χ3v) is 3.62. The van der Waals surface area contributed by atoms with E-state index in [1.807, 2.05) is 0 Å². The van der Waals surface area contributed by atoms with Crippen LogP contribution >= 0.6 is 27.3 Å². The van der Waals surface area contributed by atoms with Gasteiger partial charge in [-0.1, -0.05) is 0 Å². The number of hydrogen-bond acceptors (Lipinski definition) is 3. The zero-order valence-corrected chi connectivity index (χ0v) is 11.3. The van der Waals surface area contributed by atoms with Crippen LogP contribution in [0, 0.1) is 11.6 Å². The number of nitrogens with one attached hydrogen (secondary N) is 1. The van der Waals surface area contributed by atoms with Gasteiger partial charge in [0.15, 0.2) is 0 Å². The first kappa shape index (κ1) is 12.6. The molecule has 1 atom stereocenters. The summed E-state index contributed by atoms with van der Waals surface area (Å²) in [4.78, 5) is 4.08. The average Bonchev–Trinajstić information content (AvgIpc) is 2.83. The van der Waals surface area contributed by atoms with Crippen molar-refractivity contribution in [3.8, 4) is 0 Å². The molecule has 1 aromatic carbocycles. The Kier molecular flexibility index (Phi) is 3.86. The Morgan fingerprint density at radius 1 is 1.41 bits per heavy atom. The molecule has 0 radical (unpaired) electrons. The highest BCUT2D eigenvalue weighted by Gasteiger charge is 2.23. The monoisotopic (exact) mass is 318 g/mol. The van der Waals surface area contributed by atoms with Crippen LogP contribution in [0.5, 0.6) is 0 Å². The normalized spacial score (nSPS) is 12.7. The van der Waals surface area contributed by atoms with E-state index in [0.29, 0.717) is 5.69 Å². The quantitative estimate of drug-likeness (QED) is 0.876. The minimum Gasteiger partial charge on any atom is -0.308 e. The predicted molar refractivity (Wildman–Crippen MR) is 67.1 cm³/mol.